The number of rotatable bonds is 9. The minimum atomic E-state index is -0.738. The van der Waals surface area contributed by atoms with E-state index in [1.165, 1.54) is 0 Å². The summed E-state index contributed by atoms with van der Waals surface area (Å²) in [5.74, 6) is -0.512. The van der Waals surface area contributed by atoms with Gasteiger partial charge >= 0.3 is 11.9 Å². The zero-order valence-electron chi connectivity index (χ0n) is 17.1. The van der Waals surface area contributed by atoms with Crippen LogP contribution in [0.5, 0.6) is 0 Å². The highest BCUT2D eigenvalue weighted by molar-refractivity contribution is 5.80. The van der Waals surface area contributed by atoms with E-state index in [1.54, 1.807) is 0 Å². The normalized spacial score (nSPS) is 15.1. The molecule has 0 heterocycles. The molecule has 0 fully saturated rings. The van der Waals surface area contributed by atoms with Gasteiger partial charge in [0, 0.05) is 6.54 Å². The number of hydrogen-bond acceptors (Lipinski definition) is 5. The van der Waals surface area contributed by atoms with Crippen molar-refractivity contribution in [3.05, 3.63) is 0 Å². The second kappa shape index (κ2) is 8.84. The summed E-state index contributed by atoms with van der Waals surface area (Å²) >= 11 is 0. The number of hydrogen-bond donors (Lipinski definition) is 0. The Labute approximate surface area is 148 Å². The Morgan fingerprint density at radius 2 is 1.46 bits per heavy atom. The molecule has 0 saturated carbocycles. The highest BCUT2D eigenvalue weighted by Gasteiger charge is 2.43. The zero-order valence-corrected chi connectivity index (χ0v) is 17.1. The topological polar surface area (TPSA) is 55.8 Å². The number of carbonyl (C=O) groups excluding carboxylic acids is 2. The maximum absolute atomic E-state index is 12.6. The van der Waals surface area contributed by atoms with Crippen molar-refractivity contribution in [2.45, 2.75) is 61.3 Å². The summed E-state index contributed by atoms with van der Waals surface area (Å²) in [6, 6.07) is 0. The molecular weight excluding hydrogens is 306 g/mol. The molecule has 5 heteroatoms. The van der Waals surface area contributed by atoms with Crippen molar-refractivity contribution >= 4 is 11.9 Å². The third kappa shape index (κ3) is 8.13. The van der Waals surface area contributed by atoms with E-state index in [-0.39, 0.29) is 17.4 Å². The minimum Gasteiger partial charge on any atom is -0.465 e. The summed E-state index contributed by atoms with van der Waals surface area (Å²) < 4.78 is 10.9. The Hall–Kier alpha value is -1.10. The van der Waals surface area contributed by atoms with Gasteiger partial charge in [0.25, 0.3) is 0 Å². The van der Waals surface area contributed by atoms with E-state index in [4.69, 9.17) is 9.47 Å². The van der Waals surface area contributed by atoms with Crippen LogP contribution in [0.15, 0.2) is 0 Å². The fourth-order valence-electron chi connectivity index (χ4n) is 2.36. The molecule has 24 heavy (non-hydrogen) atoms. The van der Waals surface area contributed by atoms with Crippen LogP contribution in [0.3, 0.4) is 0 Å². The van der Waals surface area contributed by atoms with Crippen LogP contribution in [-0.4, -0.2) is 50.7 Å². The number of likely N-dealkylation sites (N-methyl/N-ethyl adjacent to an activating group) is 1. The maximum Gasteiger partial charge on any atom is 0.311 e. The Morgan fingerprint density at radius 1 is 0.917 bits per heavy atom. The van der Waals surface area contributed by atoms with Gasteiger partial charge in [-0.1, -0.05) is 27.7 Å². The summed E-state index contributed by atoms with van der Waals surface area (Å²) in [5, 5.41) is 0. The van der Waals surface area contributed by atoms with Gasteiger partial charge in [-0.2, -0.15) is 0 Å². The highest BCUT2D eigenvalue weighted by atomic mass is 16.5. The van der Waals surface area contributed by atoms with E-state index >= 15 is 0 Å². The number of ether oxygens (including phenoxy) is 2. The molecule has 0 rings (SSSR count). The molecule has 0 aromatic rings. The molecule has 142 valence electrons. The predicted octanol–water partition coefficient (Wildman–Crippen LogP) is 3.51. The number of nitrogens with zero attached hydrogens (tertiary/aromatic N) is 1. The third-order valence-corrected chi connectivity index (χ3v) is 4.07. The summed E-state index contributed by atoms with van der Waals surface area (Å²) in [6.45, 7) is 15.0. The quantitative estimate of drug-likeness (QED) is 0.600. The second-order valence-electron chi connectivity index (χ2n) is 9.05. The van der Waals surface area contributed by atoms with E-state index in [0.717, 1.165) is 0 Å². The van der Waals surface area contributed by atoms with Gasteiger partial charge in [-0.25, -0.2) is 0 Å². The first kappa shape index (κ1) is 22.9. The van der Waals surface area contributed by atoms with Crippen LogP contribution in [-0.2, 0) is 19.1 Å². The zero-order chi connectivity index (χ0) is 19.2. The van der Waals surface area contributed by atoms with E-state index in [0.29, 0.717) is 32.6 Å². The molecule has 0 bridgehead atoms. The van der Waals surface area contributed by atoms with Gasteiger partial charge in [-0.15, -0.1) is 0 Å². The lowest BCUT2D eigenvalue weighted by Gasteiger charge is -2.34. The molecule has 0 radical (unpaired) electrons. The number of carbonyl (C=O) groups is 2. The lowest BCUT2D eigenvalue weighted by atomic mass is 9.72. The van der Waals surface area contributed by atoms with Gasteiger partial charge in [-0.3, -0.25) is 9.59 Å². The van der Waals surface area contributed by atoms with E-state index in [1.807, 2.05) is 67.5 Å². The van der Waals surface area contributed by atoms with Gasteiger partial charge in [0.15, 0.2) is 0 Å². The first-order valence-corrected chi connectivity index (χ1v) is 8.73. The lowest BCUT2D eigenvalue weighted by Crippen LogP contribution is -2.39. The summed E-state index contributed by atoms with van der Waals surface area (Å²) in [4.78, 5) is 26.9. The average Bonchev–Trinajstić information content (AvgIpc) is 2.42. The molecule has 1 unspecified atom stereocenters. The van der Waals surface area contributed by atoms with E-state index in [2.05, 4.69) is 0 Å². The summed E-state index contributed by atoms with van der Waals surface area (Å²) in [5.41, 5.74) is -1.52. The molecule has 5 nitrogen and oxygen atoms in total. The predicted molar refractivity (Wildman–Crippen MR) is 96.7 cm³/mol. The molecule has 0 saturated heterocycles. The van der Waals surface area contributed by atoms with Gasteiger partial charge in [0.05, 0.1) is 17.4 Å². The van der Waals surface area contributed by atoms with Crippen molar-refractivity contribution in [3.63, 3.8) is 0 Å². The first-order chi connectivity index (χ1) is 10.7. The fraction of sp³-hybridized carbons (Fsp3) is 0.895. The molecule has 0 aliphatic rings. The Kier molecular flexibility index (Phi) is 8.43. The van der Waals surface area contributed by atoms with Crippen molar-refractivity contribution < 1.29 is 19.1 Å². The van der Waals surface area contributed by atoms with Crippen LogP contribution in [0.2, 0.25) is 0 Å². The molecule has 0 aliphatic carbocycles. The first-order valence-electron chi connectivity index (χ1n) is 8.73. The van der Waals surface area contributed by atoms with Crippen LogP contribution < -0.4 is 0 Å². The monoisotopic (exact) mass is 343 g/mol. The van der Waals surface area contributed by atoms with Gasteiger partial charge in [0.1, 0.15) is 6.61 Å². The van der Waals surface area contributed by atoms with E-state index < -0.39 is 10.8 Å². The van der Waals surface area contributed by atoms with Gasteiger partial charge < -0.3 is 14.4 Å². The largest absolute Gasteiger partial charge is 0.465 e. The highest BCUT2D eigenvalue weighted by Crippen LogP contribution is 2.38. The number of esters is 2. The lowest BCUT2D eigenvalue weighted by molar-refractivity contribution is -0.165. The Balaban J connectivity index is 4.85. The molecule has 0 spiro atoms. The van der Waals surface area contributed by atoms with Crippen LogP contribution >= 0.6 is 0 Å². The smallest absolute Gasteiger partial charge is 0.311 e. The molecule has 1 atom stereocenters. The van der Waals surface area contributed by atoms with Crippen LogP contribution in [0.25, 0.3) is 0 Å². The maximum atomic E-state index is 12.6. The van der Waals surface area contributed by atoms with Crippen LogP contribution in [0, 0.1) is 16.2 Å². The average molecular weight is 344 g/mol. The van der Waals surface area contributed by atoms with Crippen molar-refractivity contribution in [1.29, 1.82) is 0 Å². The van der Waals surface area contributed by atoms with Crippen molar-refractivity contribution in [3.8, 4) is 0 Å². The second-order valence-corrected chi connectivity index (χ2v) is 9.05. The Morgan fingerprint density at radius 3 is 1.88 bits per heavy atom. The third-order valence-electron chi connectivity index (χ3n) is 4.07. The molecule has 0 aliphatic heterocycles. The summed E-state index contributed by atoms with van der Waals surface area (Å²) in [7, 11) is 3.86. The Bertz CT molecular complexity index is 424. The van der Waals surface area contributed by atoms with Crippen molar-refractivity contribution in [1.82, 2.24) is 4.90 Å². The standard InChI is InChI=1S/C19H37NO4/c1-10-19(7,16(22)24-14-17(2,3)4)13-18(5,6)15(21)23-12-11-20(8)9/h10-14H2,1-9H3. The van der Waals surface area contributed by atoms with Crippen LogP contribution in [0.1, 0.15) is 61.3 Å². The van der Waals surface area contributed by atoms with Gasteiger partial charge in [-0.05, 0) is 53.1 Å². The van der Waals surface area contributed by atoms with Gasteiger partial charge in [0.2, 0.25) is 0 Å². The summed E-state index contributed by atoms with van der Waals surface area (Å²) in [6.07, 6.45) is 1.02. The molecule has 0 N–H and O–H groups in total. The molecule has 0 amide bonds. The fourth-order valence-corrected chi connectivity index (χ4v) is 2.36. The molecular formula is C19H37NO4. The molecule has 0 aromatic heterocycles. The van der Waals surface area contributed by atoms with Crippen molar-refractivity contribution in [2.24, 2.45) is 16.2 Å². The molecule has 0 aromatic carbocycles. The SMILES string of the molecule is CCC(C)(CC(C)(C)C(=O)OCCN(C)C)C(=O)OCC(C)(C)C. The van der Waals surface area contributed by atoms with Crippen molar-refractivity contribution in [2.75, 3.05) is 33.9 Å². The minimum absolute atomic E-state index is 0.0784. The van der Waals surface area contributed by atoms with E-state index in [9.17, 15) is 9.59 Å². The van der Waals surface area contributed by atoms with Crippen LogP contribution in [0.4, 0.5) is 0 Å².